The van der Waals surface area contributed by atoms with Gasteiger partial charge in [-0.1, -0.05) is 12.1 Å². The summed E-state index contributed by atoms with van der Waals surface area (Å²) >= 11 is 1.17. The molecule has 108 valence electrons. The molecular weight excluding hydrogens is 294 g/mol. The largest absolute Gasteiger partial charge is 0.355 e. The van der Waals surface area contributed by atoms with Gasteiger partial charge in [0, 0.05) is 13.1 Å². The predicted octanol–water partition coefficient (Wildman–Crippen LogP) is 2.27. The number of hydrogen-bond acceptors (Lipinski definition) is 5. The number of nitrogens with zero attached hydrogens (tertiary/aromatic N) is 1. The van der Waals surface area contributed by atoms with Crippen LogP contribution < -0.4 is 10.6 Å². The Kier molecular flexibility index (Phi) is 4.29. The van der Waals surface area contributed by atoms with E-state index in [0.717, 1.165) is 0 Å². The Bertz CT molecular complexity index is 711. The summed E-state index contributed by atoms with van der Waals surface area (Å²) in [5, 5.41) is 17.9. The molecule has 0 bridgehead atoms. The molecule has 0 aliphatic heterocycles. The molecule has 7 nitrogen and oxygen atoms in total. The van der Waals surface area contributed by atoms with Crippen LogP contribution in [-0.2, 0) is 0 Å². The molecule has 0 atom stereocenters. The van der Waals surface area contributed by atoms with Crippen molar-refractivity contribution in [1.82, 2.24) is 5.32 Å². The van der Waals surface area contributed by atoms with Crippen molar-refractivity contribution in [2.45, 2.75) is 0 Å². The number of amides is 2. The minimum Gasteiger partial charge on any atom is -0.355 e. The van der Waals surface area contributed by atoms with E-state index in [1.807, 2.05) is 0 Å². The van der Waals surface area contributed by atoms with E-state index in [2.05, 4.69) is 10.6 Å². The maximum Gasteiger partial charge on any atom is 0.282 e. The van der Waals surface area contributed by atoms with Gasteiger partial charge in [-0.15, -0.1) is 11.3 Å². The van der Waals surface area contributed by atoms with Crippen LogP contribution >= 0.6 is 11.3 Å². The molecule has 0 aliphatic rings. The van der Waals surface area contributed by atoms with E-state index in [4.69, 9.17) is 0 Å². The number of benzene rings is 1. The Labute approximate surface area is 123 Å². The van der Waals surface area contributed by atoms with Crippen LogP contribution in [0.5, 0.6) is 0 Å². The minimum absolute atomic E-state index is 0.0567. The number of rotatable bonds is 4. The van der Waals surface area contributed by atoms with Crippen LogP contribution in [0, 0.1) is 10.1 Å². The van der Waals surface area contributed by atoms with E-state index >= 15 is 0 Å². The number of hydrogen-bond donors (Lipinski definition) is 2. The number of nitrogens with one attached hydrogen (secondary N) is 2. The Hall–Kier alpha value is -2.74. The molecule has 1 aromatic carbocycles. The van der Waals surface area contributed by atoms with Crippen LogP contribution in [0.25, 0.3) is 0 Å². The van der Waals surface area contributed by atoms with E-state index in [1.54, 1.807) is 11.4 Å². The Morgan fingerprint density at radius 3 is 2.52 bits per heavy atom. The topological polar surface area (TPSA) is 101 Å². The molecule has 0 saturated heterocycles. The molecule has 0 unspecified atom stereocenters. The van der Waals surface area contributed by atoms with Gasteiger partial charge in [-0.25, -0.2) is 0 Å². The van der Waals surface area contributed by atoms with Gasteiger partial charge < -0.3 is 10.6 Å². The van der Waals surface area contributed by atoms with Crippen molar-refractivity contribution in [2.24, 2.45) is 0 Å². The van der Waals surface area contributed by atoms with Gasteiger partial charge in [-0.3, -0.25) is 19.7 Å². The highest BCUT2D eigenvalue weighted by atomic mass is 32.1. The molecule has 0 spiro atoms. The van der Waals surface area contributed by atoms with Gasteiger partial charge in [-0.2, -0.15) is 0 Å². The van der Waals surface area contributed by atoms with Crippen molar-refractivity contribution in [2.75, 3.05) is 12.4 Å². The summed E-state index contributed by atoms with van der Waals surface area (Å²) in [6.07, 6.45) is 0. The number of nitro benzene ring substituents is 1. The molecule has 0 saturated carbocycles. The lowest BCUT2D eigenvalue weighted by atomic mass is 10.1. The Morgan fingerprint density at radius 1 is 1.14 bits per heavy atom. The van der Waals surface area contributed by atoms with E-state index < -0.39 is 10.8 Å². The fraction of sp³-hybridized carbons (Fsp3) is 0.0769. The second kappa shape index (κ2) is 6.14. The SMILES string of the molecule is CNC(=O)c1ccsc1NC(=O)c1ccccc1[N+](=O)[O-]. The lowest BCUT2D eigenvalue weighted by Gasteiger charge is -2.06. The van der Waals surface area contributed by atoms with Gasteiger partial charge in [0.2, 0.25) is 0 Å². The molecule has 21 heavy (non-hydrogen) atoms. The summed E-state index contributed by atoms with van der Waals surface area (Å²) in [6.45, 7) is 0. The van der Waals surface area contributed by atoms with E-state index in [9.17, 15) is 19.7 Å². The molecule has 1 heterocycles. The number of thiophene rings is 1. The number of carbonyl (C=O) groups is 2. The smallest absolute Gasteiger partial charge is 0.282 e. The van der Waals surface area contributed by atoms with Gasteiger partial charge in [0.25, 0.3) is 17.5 Å². The maximum atomic E-state index is 12.2. The zero-order valence-corrected chi connectivity index (χ0v) is 11.8. The number of para-hydroxylation sites is 1. The second-order valence-corrected chi connectivity index (χ2v) is 4.89. The maximum absolute atomic E-state index is 12.2. The van der Waals surface area contributed by atoms with E-state index in [0.29, 0.717) is 10.6 Å². The van der Waals surface area contributed by atoms with Crippen LogP contribution in [0.3, 0.4) is 0 Å². The second-order valence-electron chi connectivity index (χ2n) is 3.97. The first kappa shape index (κ1) is 14.7. The van der Waals surface area contributed by atoms with Crippen LogP contribution in [0.2, 0.25) is 0 Å². The lowest BCUT2D eigenvalue weighted by Crippen LogP contribution is -2.20. The molecule has 0 aliphatic carbocycles. The zero-order chi connectivity index (χ0) is 15.4. The van der Waals surface area contributed by atoms with Gasteiger partial charge >= 0.3 is 0 Å². The first-order chi connectivity index (χ1) is 10.0. The minimum atomic E-state index is -0.630. The highest BCUT2D eigenvalue weighted by Gasteiger charge is 2.21. The number of carbonyl (C=O) groups excluding carboxylic acids is 2. The Morgan fingerprint density at radius 2 is 1.86 bits per heavy atom. The third-order valence-corrected chi connectivity index (χ3v) is 3.54. The number of anilines is 1. The van der Waals surface area contributed by atoms with Crippen molar-refractivity contribution in [3.8, 4) is 0 Å². The molecule has 1 aromatic heterocycles. The quantitative estimate of drug-likeness (QED) is 0.668. The van der Waals surface area contributed by atoms with Gasteiger partial charge in [0.1, 0.15) is 10.6 Å². The van der Waals surface area contributed by atoms with Crippen LogP contribution in [0.15, 0.2) is 35.7 Å². The lowest BCUT2D eigenvalue weighted by molar-refractivity contribution is -0.385. The Balaban J connectivity index is 2.29. The third-order valence-electron chi connectivity index (χ3n) is 2.71. The first-order valence-corrected chi connectivity index (χ1v) is 6.77. The van der Waals surface area contributed by atoms with E-state index in [-0.39, 0.29) is 17.2 Å². The standard InChI is InChI=1S/C13H11N3O4S/c1-14-11(17)9-6-7-21-13(9)15-12(18)8-4-2-3-5-10(8)16(19)20/h2-7H,1H3,(H,14,17)(H,15,18). The van der Waals surface area contributed by atoms with Crippen molar-refractivity contribution in [3.05, 3.63) is 57.0 Å². The molecule has 0 radical (unpaired) electrons. The summed E-state index contributed by atoms with van der Waals surface area (Å²) < 4.78 is 0. The molecule has 0 fully saturated rings. The van der Waals surface area contributed by atoms with E-state index in [1.165, 1.54) is 42.6 Å². The van der Waals surface area contributed by atoms with Gasteiger partial charge in [0.15, 0.2) is 0 Å². The predicted molar refractivity (Wildman–Crippen MR) is 78.8 cm³/mol. The normalized spacial score (nSPS) is 9.95. The fourth-order valence-corrected chi connectivity index (χ4v) is 2.49. The molecule has 2 rings (SSSR count). The average molecular weight is 305 g/mol. The highest BCUT2D eigenvalue weighted by Crippen LogP contribution is 2.25. The van der Waals surface area contributed by atoms with Gasteiger partial charge in [-0.05, 0) is 17.5 Å². The van der Waals surface area contributed by atoms with Crippen LogP contribution in [-0.4, -0.2) is 23.8 Å². The molecule has 2 amide bonds. The number of nitro groups is 1. The molecule has 8 heteroatoms. The molecule has 2 N–H and O–H groups in total. The molecular formula is C13H11N3O4S. The summed E-state index contributed by atoms with van der Waals surface area (Å²) in [7, 11) is 1.48. The summed E-state index contributed by atoms with van der Waals surface area (Å²) in [4.78, 5) is 34.1. The fourth-order valence-electron chi connectivity index (χ4n) is 1.71. The average Bonchev–Trinajstić information content (AvgIpc) is 2.94. The summed E-state index contributed by atoms with van der Waals surface area (Å²) in [5.74, 6) is -0.969. The van der Waals surface area contributed by atoms with Crippen molar-refractivity contribution >= 4 is 33.8 Å². The third kappa shape index (κ3) is 3.06. The van der Waals surface area contributed by atoms with Crippen molar-refractivity contribution in [1.29, 1.82) is 0 Å². The first-order valence-electron chi connectivity index (χ1n) is 5.89. The van der Waals surface area contributed by atoms with Crippen LogP contribution in [0.4, 0.5) is 10.7 Å². The van der Waals surface area contributed by atoms with Gasteiger partial charge in [0.05, 0.1) is 10.5 Å². The van der Waals surface area contributed by atoms with Crippen LogP contribution in [0.1, 0.15) is 20.7 Å². The summed E-state index contributed by atoms with van der Waals surface area (Å²) in [6, 6.07) is 7.20. The summed E-state index contributed by atoms with van der Waals surface area (Å²) in [5.41, 5.74) is -0.0266. The zero-order valence-electron chi connectivity index (χ0n) is 11.0. The highest BCUT2D eigenvalue weighted by molar-refractivity contribution is 7.14. The van der Waals surface area contributed by atoms with Crippen molar-refractivity contribution < 1.29 is 14.5 Å². The van der Waals surface area contributed by atoms with Crippen molar-refractivity contribution in [3.63, 3.8) is 0 Å². The monoisotopic (exact) mass is 305 g/mol. The molecule has 2 aromatic rings.